The van der Waals surface area contributed by atoms with E-state index < -0.39 is 0 Å². The van der Waals surface area contributed by atoms with E-state index in [-0.39, 0.29) is 17.3 Å². The minimum absolute atomic E-state index is 0.0252. The molecule has 0 radical (unpaired) electrons. The van der Waals surface area contributed by atoms with Gasteiger partial charge in [0.05, 0.1) is 17.3 Å². The van der Waals surface area contributed by atoms with E-state index in [4.69, 9.17) is 4.74 Å². The van der Waals surface area contributed by atoms with Gasteiger partial charge in [-0.15, -0.1) is 0 Å². The van der Waals surface area contributed by atoms with Gasteiger partial charge in [-0.25, -0.2) is 0 Å². The van der Waals surface area contributed by atoms with E-state index in [0.29, 0.717) is 5.92 Å². The van der Waals surface area contributed by atoms with Crippen molar-refractivity contribution in [2.24, 2.45) is 5.92 Å². The monoisotopic (exact) mass is 210 g/mol. The Balaban J connectivity index is 2.20. The summed E-state index contributed by atoms with van der Waals surface area (Å²) in [6, 6.07) is 0. The zero-order valence-corrected chi connectivity index (χ0v) is 10.2. The molecule has 1 aliphatic carbocycles. The molecule has 2 rings (SSSR count). The maximum absolute atomic E-state index is 9.54. The number of aliphatic hydroxyl groups excluding tert-OH is 1. The Hall–Kier alpha value is -0.340. The molecule has 0 aromatic heterocycles. The summed E-state index contributed by atoms with van der Waals surface area (Å²) in [6.45, 7) is 8.64. The number of ether oxygens (including phenoxy) is 1. The Labute approximate surface area is 92.3 Å². The molecule has 1 N–H and O–H groups in total. The second kappa shape index (κ2) is 3.33. The van der Waals surface area contributed by atoms with Crippen LogP contribution in [0.5, 0.6) is 0 Å². The number of hydrogen-bond donors (Lipinski definition) is 1. The maximum Gasteiger partial charge on any atom is 0.0726 e. The maximum atomic E-state index is 9.54. The van der Waals surface area contributed by atoms with Crippen LogP contribution in [0, 0.1) is 5.92 Å². The number of rotatable bonds is 1. The molecule has 2 heteroatoms. The summed E-state index contributed by atoms with van der Waals surface area (Å²) in [5.74, 6) is 0.477. The molecule has 0 aromatic rings. The van der Waals surface area contributed by atoms with Crippen molar-refractivity contribution in [2.45, 2.75) is 64.3 Å². The van der Waals surface area contributed by atoms with E-state index in [0.717, 1.165) is 19.3 Å². The molecule has 1 heterocycles. The van der Waals surface area contributed by atoms with Crippen LogP contribution in [0.2, 0.25) is 0 Å². The van der Waals surface area contributed by atoms with Crippen LogP contribution in [0.15, 0.2) is 11.6 Å². The molecule has 0 spiro atoms. The van der Waals surface area contributed by atoms with Gasteiger partial charge in [0.2, 0.25) is 0 Å². The standard InChI is InChI=1S/C13H22O2/c1-12(2)8-11(13(3,4)15-12)9-5-6-10(14)7-9/h7,10-11,14H,5-6,8H2,1-4H3. The summed E-state index contributed by atoms with van der Waals surface area (Å²) in [7, 11) is 0. The predicted molar refractivity (Wildman–Crippen MR) is 60.7 cm³/mol. The highest BCUT2D eigenvalue weighted by Gasteiger charge is 2.47. The van der Waals surface area contributed by atoms with Crippen LogP contribution in [0.3, 0.4) is 0 Å². The van der Waals surface area contributed by atoms with Crippen molar-refractivity contribution >= 4 is 0 Å². The van der Waals surface area contributed by atoms with Gasteiger partial charge in [-0.3, -0.25) is 0 Å². The third kappa shape index (κ3) is 2.11. The second-order valence-electron chi connectivity index (χ2n) is 6.07. The van der Waals surface area contributed by atoms with E-state index in [1.165, 1.54) is 5.57 Å². The zero-order chi connectivity index (χ0) is 11.3. The number of hydrogen-bond acceptors (Lipinski definition) is 2. The smallest absolute Gasteiger partial charge is 0.0726 e. The third-order valence-electron chi connectivity index (χ3n) is 3.66. The van der Waals surface area contributed by atoms with Gasteiger partial charge in [0, 0.05) is 5.92 Å². The molecule has 2 nitrogen and oxygen atoms in total. The summed E-state index contributed by atoms with van der Waals surface area (Å²) in [4.78, 5) is 0. The minimum Gasteiger partial charge on any atom is -0.389 e. The van der Waals surface area contributed by atoms with Crippen molar-refractivity contribution in [1.82, 2.24) is 0 Å². The van der Waals surface area contributed by atoms with Crippen molar-refractivity contribution < 1.29 is 9.84 Å². The van der Waals surface area contributed by atoms with Crippen LogP contribution in [0.1, 0.15) is 47.0 Å². The fourth-order valence-electron chi connectivity index (χ4n) is 3.16. The molecule has 86 valence electrons. The molecule has 0 aromatic carbocycles. The van der Waals surface area contributed by atoms with Crippen LogP contribution in [-0.2, 0) is 4.74 Å². The Bertz CT molecular complexity index is 289. The van der Waals surface area contributed by atoms with Gasteiger partial charge < -0.3 is 9.84 Å². The van der Waals surface area contributed by atoms with Gasteiger partial charge in [0.15, 0.2) is 0 Å². The Morgan fingerprint density at radius 1 is 1.33 bits per heavy atom. The lowest BCUT2D eigenvalue weighted by Gasteiger charge is -2.28. The van der Waals surface area contributed by atoms with Crippen molar-refractivity contribution in [3.63, 3.8) is 0 Å². The highest BCUT2D eigenvalue weighted by molar-refractivity contribution is 5.21. The first-order chi connectivity index (χ1) is 6.80. The second-order valence-corrected chi connectivity index (χ2v) is 6.07. The molecule has 15 heavy (non-hydrogen) atoms. The average molecular weight is 210 g/mol. The normalized spacial score (nSPS) is 38.1. The minimum atomic E-state index is -0.223. The summed E-state index contributed by atoms with van der Waals surface area (Å²) in [5.41, 5.74) is 1.29. The summed E-state index contributed by atoms with van der Waals surface area (Å²) in [6.07, 6.45) is 4.81. The van der Waals surface area contributed by atoms with Crippen LogP contribution in [0.25, 0.3) is 0 Å². The lowest BCUT2D eigenvalue weighted by atomic mass is 9.81. The molecule has 1 aliphatic heterocycles. The molecular weight excluding hydrogens is 188 g/mol. The topological polar surface area (TPSA) is 29.5 Å². The lowest BCUT2D eigenvalue weighted by molar-refractivity contribution is -0.0715. The van der Waals surface area contributed by atoms with Gasteiger partial charge >= 0.3 is 0 Å². The fourth-order valence-corrected chi connectivity index (χ4v) is 3.16. The fraction of sp³-hybridized carbons (Fsp3) is 0.846. The van der Waals surface area contributed by atoms with Crippen molar-refractivity contribution in [3.8, 4) is 0 Å². The largest absolute Gasteiger partial charge is 0.389 e. The Kier molecular flexibility index (Phi) is 2.47. The quantitative estimate of drug-likeness (QED) is 0.674. The van der Waals surface area contributed by atoms with E-state index in [2.05, 4.69) is 27.7 Å². The average Bonchev–Trinajstić information content (AvgIpc) is 2.52. The SMILES string of the molecule is CC1(C)CC(C2=CC(O)CC2)C(C)(C)O1. The van der Waals surface area contributed by atoms with Crippen molar-refractivity contribution in [1.29, 1.82) is 0 Å². The highest BCUT2D eigenvalue weighted by Crippen LogP contribution is 2.47. The molecule has 2 atom stereocenters. The summed E-state index contributed by atoms with van der Waals surface area (Å²) in [5, 5.41) is 9.54. The predicted octanol–water partition coefficient (Wildman–Crippen LogP) is 2.66. The van der Waals surface area contributed by atoms with Gasteiger partial charge in [-0.05, 0) is 47.0 Å². The summed E-state index contributed by atoms with van der Waals surface area (Å²) >= 11 is 0. The molecule has 0 saturated carbocycles. The van der Waals surface area contributed by atoms with Gasteiger partial charge in [0.25, 0.3) is 0 Å². The Morgan fingerprint density at radius 3 is 2.40 bits per heavy atom. The van der Waals surface area contributed by atoms with Gasteiger partial charge in [0.1, 0.15) is 0 Å². The molecule has 2 unspecified atom stereocenters. The van der Waals surface area contributed by atoms with E-state index in [9.17, 15) is 5.11 Å². The van der Waals surface area contributed by atoms with Crippen LogP contribution < -0.4 is 0 Å². The molecule has 0 amide bonds. The first kappa shape index (κ1) is 11.2. The summed E-state index contributed by atoms with van der Waals surface area (Å²) < 4.78 is 6.07. The Morgan fingerprint density at radius 2 is 2.00 bits per heavy atom. The van der Waals surface area contributed by atoms with Crippen LogP contribution in [-0.4, -0.2) is 22.4 Å². The van der Waals surface area contributed by atoms with E-state index in [1.54, 1.807) is 0 Å². The first-order valence-corrected chi connectivity index (χ1v) is 5.89. The third-order valence-corrected chi connectivity index (χ3v) is 3.66. The zero-order valence-electron chi connectivity index (χ0n) is 10.2. The highest BCUT2D eigenvalue weighted by atomic mass is 16.5. The number of aliphatic hydroxyl groups is 1. The van der Waals surface area contributed by atoms with Gasteiger partial charge in [-0.2, -0.15) is 0 Å². The molecule has 0 bridgehead atoms. The molecule has 2 aliphatic rings. The van der Waals surface area contributed by atoms with E-state index >= 15 is 0 Å². The lowest BCUT2D eigenvalue weighted by Crippen LogP contribution is -2.30. The molecule has 1 saturated heterocycles. The molecular formula is C13H22O2. The van der Waals surface area contributed by atoms with Crippen molar-refractivity contribution in [2.75, 3.05) is 0 Å². The first-order valence-electron chi connectivity index (χ1n) is 5.89. The van der Waals surface area contributed by atoms with Gasteiger partial charge in [-0.1, -0.05) is 11.6 Å². The van der Waals surface area contributed by atoms with Crippen LogP contribution in [0.4, 0.5) is 0 Å². The van der Waals surface area contributed by atoms with Crippen molar-refractivity contribution in [3.05, 3.63) is 11.6 Å². The molecule has 1 fully saturated rings. The van der Waals surface area contributed by atoms with E-state index in [1.807, 2.05) is 6.08 Å². The van der Waals surface area contributed by atoms with Crippen LogP contribution >= 0.6 is 0 Å².